The van der Waals surface area contributed by atoms with Crippen LogP contribution in [0.5, 0.6) is 0 Å². The van der Waals surface area contributed by atoms with E-state index in [1.807, 2.05) is 34.8 Å². The minimum absolute atomic E-state index is 0.897. The maximum atomic E-state index is 6.05. The van der Waals surface area contributed by atoms with Crippen LogP contribution in [0.3, 0.4) is 0 Å². The number of benzene rings is 6. The molecule has 4 heteroatoms. The van der Waals surface area contributed by atoms with Crippen LogP contribution in [-0.2, 0) is 0 Å². The predicted molar refractivity (Wildman–Crippen MR) is 194 cm³/mol. The zero-order chi connectivity index (χ0) is 29.5. The SMILES string of the molecule is c1cc(-c2ccc3oc4ccccc4c3c2)nc(-c2ccc3sc4ccc(-c5ccc6sc7ccccc7c6c5)cc4c3c2)c1. The first kappa shape index (κ1) is 25.1. The van der Waals surface area contributed by atoms with Gasteiger partial charge in [0.05, 0.1) is 11.4 Å². The minimum Gasteiger partial charge on any atom is -0.456 e. The molecule has 0 bridgehead atoms. The highest BCUT2D eigenvalue weighted by atomic mass is 32.1. The van der Waals surface area contributed by atoms with Gasteiger partial charge in [0.2, 0.25) is 0 Å². The van der Waals surface area contributed by atoms with Gasteiger partial charge in [-0.25, -0.2) is 4.98 Å². The normalized spacial score (nSPS) is 12.0. The molecule has 210 valence electrons. The van der Waals surface area contributed by atoms with E-state index in [-0.39, 0.29) is 0 Å². The third kappa shape index (κ3) is 3.96. The smallest absolute Gasteiger partial charge is 0.135 e. The third-order valence-electron chi connectivity index (χ3n) is 8.90. The summed E-state index contributed by atoms with van der Waals surface area (Å²) < 4.78 is 11.3. The first-order valence-electron chi connectivity index (χ1n) is 15.0. The van der Waals surface area contributed by atoms with Crippen molar-refractivity contribution in [3.63, 3.8) is 0 Å². The van der Waals surface area contributed by atoms with Crippen LogP contribution >= 0.6 is 22.7 Å². The van der Waals surface area contributed by atoms with Crippen LogP contribution in [0.25, 0.3) is 95.9 Å². The van der Waals surface area contributed by atoms with Crippen molar-refractivity contribution >= 4 is 85.0 Å². The number of para-hydroxylation sites is 1. The van der Waals surface area contributed by atoms with E-state index in [4.69, 9.17) is 9.40 Å². The van der Waals surface area contributed by atoms with E-state index in [1.54, 1.807) is 0 Å². The van der Waals surface area contributed by atoms with Crippen LogP contribution in [0.4, 0.5) is 0 Å². The van der Waals surface area contributed by atoms with Crippen LogP contribution in [0.15, 0.2) is 144 Å². The van der Waals surface area contributed by atoms with Crippen molar-refractivity contribution in [1.29, 1.82) is 0 Å². The molecule has 0 amide bonds. The first-order chi connectivity index (χ1) is 22.2. The van der Waals surface area contributed by atoms with E-state index in [1.165, 1.54) is 51.5 Å². The number of hydrogen-bond acceptors (Lipinski definition) is 4. The summed E-state index contributed by atoms with van der Waals surface area (Å²) in [4.78, 5) is 5.14. The average molecular weight is 610 g/mol. The summed E-state index contributed by atoms with van der Waals surface area (Å²) in [7, 11) is 0. The van der Waals surface area contributed by atoms with Gasteiger partial charge in [-0.1, -0.05) is 60.7 Å². The van der Waals surface area contributed by atoms with Gasteiger partial charge in [-0.15, -0.1) is 22.7 Å². The summed E-state index contributed by atoms with van der Waals surface area (Å²) in [5.41, 5.74) is 8.42. The fraction of sp³-hybridized carbons (Fsp3) is 0. The lowest BCUT2D eigenvalue weighted by atomic mass is 10.00. The van der Waals surface area contributed by atoms with Gasteiger partial charge in [-0.3, -0.25) is 0 Å². The van der Waals surface area contributed by atoms with Crippen molar-refractivity contribution < 1.29 is 4.42 Å². The number of aromatic nitrogens is 1. The first-order valence-corrected chi connectivity index (χ1v) is 16.7. The van der Waals surface area contributed by atoms with Crippen molar-refractivity contribution in [3.05, 3.63) is 140 Å². The molecule has 4 aromatic heterocycles. The standard InChI is InChI=1S/C41H23NOS2/c1-3-10-36-28(6-1)30-22-26(12-16-37(30)43-36)34-8-5-9-35(42-34)27-15-19-41-33(23-27)32-21-25(14-18-40(32)45-41)24-13-17-39-31(20-24)29-7-2-4-11-38(29)44-39/h1-23H. The molecule has 0 aliphatic rings. The molecule has 2 nitrogen and oxygen atoms in total. The highest BCUT2D eigenvalue weighted by Crippen LogP contribution is 2.41. The highest BCUT2D eigenvalue weighted by molar-refractivity contribution is 7.26. The van der Waals surface area contributed by atoms with Gasteiger partial charge in [0.15, 0.2) is 0 Å². The topological polar surface area (TPSA) is 26.0 Å². The zero-order valence-corrected chi connectivity index (χ0v) is 25.6. The highest BCUT2D eigenvalue weighted by Gasteiger charge is 2.13. The fourth-order valence-corrected chi connectivity index (χ4v) is 8.82. The molecule has 0 unspecified atom stereocenters. The van der Waals surface area contributed by atoms with Gasteiger partial charge >= 0.3 is 0 Å². The molecular weight excluding hydrogens is 587 g/mol. The molecule has 0 saturated heterocycles. The number of hydrogen-bond donors (Lipinski definition) is 0. The molecular formula is C41H23NOS2. The van der Waals surface area contributed by atoms with Gasteiger partial charge in [0, 0.05) is 62.2 Å². The molecule has 0 radical (unpaired) electrons. The van der Waals surface area contributed by atoms with Gasteiger partial charge in [-0.05, 0) is 90.0 Å². The molecule has 0 saturated carbocycles. The average Bonchev–Trinajstić information content (AvgIpc) is 3.78. The number of furan rings is 1. The molecule has 0 spiro atoms. The maximum absolute atomic E-state index is 6.05. The van der Waals surface area contributed by atoms with Crippen LogP contribution < -0.4 is 0 Å². The van der Waals surface area contributed by atoms with Gasteiger partial charge < -0.3 is 4.42 Å². The molecule has 0 atom stereocenters. The quantitative estimate of drug-likeness (QED) is 0.199. The van der Waals surface area contributed by atoms with Crippen molar-refractivity contribution in [2.75, 3.05) is 0 Å². The fourth-order valence-electron chi connectivity index (χ4n) is 6.66. The second-order valence-electron chi connectivity index (χ2n) is 11.6. The summed E-state index contributed by atoms with van der Waals surface area (Å²) in [6.07, 6.45) is 0. The van der Waals surface area contributed by atoms with Crippen molar-refractivity contribution in [2.45, 2.75) is 0 Å². The van der Waals surface area contributed by atoms with Gasteiger partial charge in [0.25, 0.3) is 0 Å². The van der Waals surface area contributed by atoms with Crippen molar-refractivity contribution in [2.24, 2.45) is 0 Å². The zero-order valence-electron chi connectivity index (χ0n) is 24.0. The monoisotopic (exact) mass is 609 g/mol. The second kappa shape index (κ2) is 9.60. The molecule has 45 heavy (non-hydrogen) atoms. The van der Waals surface area contributed by atoms with Crippen LogP contribution in [0.1, 0.15) is 0 Å². The van der Waals surface area contributed by atoms with E-state index in [9.17, 15) is 0 Å². The molecule has 0 aliphatic heterocycles. The number of nitrogens with zero attached hydrogens (tertiary/aromatic N) is 1. The van der Waals surface area contributed by atoms with Crippen molar-refractivity contribution in [3.8, 4) is 33.6 Å². The Bertz CT molecular complexity index is 2780. The van der Waals surface area contributed by atoms with Crippen LogP contribution in [0.2, 0.25) is 0 Å². The Morgan fingerprint density at radius 2 is 0.844 bits per heavy atom. The number of rotatable bonds is 3. The molecule has 0 fully saturated rings. The summed E-state index contributed by atoms with van der Waals surface area (Å²) in [6.45, 7) is 0. The second-order valence-corrected chi connectivity index (χ2v) is 13.7. The van der Waals surface area contributed by atoms with E-state index < -0.39 is 0 Å². The molecule has 0 N–H and O–H groups in total. The molecule has 0 aliphatic carbocycles. The molecule has 10 aromatic rings. The van der Waals surface area contributed by atoms with Crippen LogP contribution in [0, 0.1) is 0 Å². The summed E-state index contributed by atoms with van der Waals surface area (Å²) in [5, 5.41) is 7.47. The molecule has 4 heterocycles. The molecule has 10 rings (SSSR count). The summed E-state index contributed by atoms with van der Waals surface area (Å²) >= 11 is 3.71. The lowest BCUT2D eigenvalue weighted by Gasteiger charge is -2.07. The van der Waals surface area contributed by atoms with E-state index in [0.717, 1.165) is 44.5 Å². The Balaban J connectivity index is 1.07. The summed E-state index contributed by atoms with van der Waals surface area (Å²) in [6, 6.07) is 50.1. The Labute approximate surface area is 266 Å². The van der Waals surface area contributed by atoms with E-state index in [0.29, 0.717) is 0 Å². The van der Waals surface area contributed by atoms with Crippen molar-refractivity contribution in [1.82, 2.24) is 4.98 Å². The summed E-state index contributed by atoms with van der Waals surface area (Å²) in [5.74, 6) is 0. The number of pyridine rings is 1. The maximum Gasteiger partial charge on any atom is 0.135 e. The number of thiophene rings is 2. The lowest BCUT2D eigenvalue weighted by molar-refractivity contribution is 0.669. The predicted octanol–water partition coefficient (Wildman–Crippen LogP) is 12.7. The lowest BCUT2D eigenvalue weighted by Crippen LogP contribution is -1.88. The third-order valence-corrected chi connectivity index (χ3v) is 11.2. The van der Waals surface area contributed by atoms with Crippen LogP contribution in [-0.4, -0.2) is 4.98 Å². The van der Waals surface area contributed by atoms with Gasteiger partial charge in [-0.2, -0.15) is 0 Å². The van der Waals surface area contributed by atoms with E-state index >= 15 is 0 Å². The Morgan fingerprint density at radius 1 is 0.356 bits per heavy atom. The number of fused-ring (bicyclic) bond motifs is 9. The largest absolute Gasteiger partial charge is 0.456 e. The van der Waals surface area contributed by atoms with E-state index in [2.05, 4.69) is 127 Å². The Hall–Kier alpha value is -5.29. The van der Waals surface area contributed by atoms with Gasteiger partial charge in [0.1, 0.15) is 11.2 Å². The Kier molecular flexibility index (Phi) is 5.35. The Morgan fingerprint density at radius 3 is 1.56 bits per heavy atom. The molecule has 6 aromatic carbocycles. The minimum atomic E-state index is 0.897.